The molecule has 8 heteroatoms. The summed E-state index contributed by atoms with van der Waals surface area (Å²) in [6.45, 7) is 6.49. The van der Waals surface area contributed by atoms with E-state index in [4.69, 9.17) is 0 Å². The lowest BCUT2D eigenvalue weighted by atomic mass is 10.1. The van der Waals surface area contributed by atoms with Crippen LogP contribution in [0, 0.1) is 6.92 Å². The standard InChI is InChI=1S/C22H23BrN4O2S/c1-4-27-20(15(3)24-21(29)17-7-5-14(2)6-8-17)25-26-22(27)30-13-19(28)16-9-11-18(23)12-10-16/h5-12,15H,4,13H2,1-3H3,(H,24,29)/t15-/m0/s1. The van der Waals surface area contributed by atoms with Crippen LogP contribution in [-0.2, 0) is 6.54 Å². The normalized spacial score (nSPS) is 11.9. The Kier molecular flexibility index (Phi) is 7.44. The third-order valence-electron chi connectivity index (χ3n) is 4.61. The predicted octanol–water partition coefficient (Wildman–Crippen LogP) is 4.83. The van der Waals surface area contributed by atoms with Crippen molar-refractivity contribution in [3.8, 4) is 0 Å². The second-order valence-electron chi connectivity index (χ2n) is 6.86. The summed E-state index contributed by atoms with van der Waals surface area (Å²) in [4.78, 5) is 25.0. The number of Topliss-reactive ketones (excluding diaryl/α,β-unsaturated/α-hetero) is 1. The van der Waals surface area contributed by atoms with E-state index in [-0.39, 0.29) is 23.5 Å². The number of rotatable bonds is 8. The number of halogens is 1. The summed E-state index contributed by atoms with van der Waals surface area (Å²) in [5.74, 6) is 0.800. The molecule has 0 bridgehead atoms. The van der Waals surface area contributed by atoms with Gasteiger partial charge in [-0.1, -0.05) is 57.5 Å². The van der Waals surface area contributed by atoms with Gasteiger partial charge in [0.25, 0.3) is 5.91 Å². The third-order valence-corrected chi connectivity index (χ3v) is 6.10. The molecule has 0 fully saturated rings. The fourth-order valence-corrected chi connectivity index (χ4v) is 4.09. The first-order valence-corrected chi connectivity index (χ1v) is 11.4. The number of hydrogen-bond acceptors (Lipinski definition) is 5. The van der Waals surface area contributed by atoms with Crippen LogP contribution in [0.4, 0.5) is 0 Å². The zero-order chi connectivity index (χ0) is 21.7. The van der Waals surface area contributed by atoms with E-state index in [2.05, 4.69) is 31.4 Å². The average Bonchev–Trinajstić information content (AvgIpc) is 3.16. The number of aryl methyl sites for hydroxylation is 1. The van der Waals surface area contributed by atoms with Crippen LogP contribution in [0.1, 0.15) is 52.0 Å². The van der Waals surface area contributed by atoms with Gasteiger partial charge in [0.2, 0.25) is 0 Å². The van der Waals surface area contributed by atoms with Crippen LogP contribution in [0.2, 0.25) is 0 Å². The van der Waals surface area contributed by atoms with Crippen LogP contribution in [-0.4, -0.2) is 32.2 Å². The summed E-state index contributed by atoms with van der Waals surface area (Å²) in [6, 6.07) is 14.4. The fourth-order valence-electron chi connectivity index (χ4n) is 2.92. The quantitative estimate of drug-likeness (QED) is 0.364. The SMILES string of the molecule is CCn1c(SCC(=O)c2ccc(Br)cc2)nnc1[C@H](C)NC(=O)c1ccc(C)cc1. The van der Waals surface area contributed by atoms with Gasteiger partial charge in [-0.05, 0) is 45.0 Å². The topological polar surface area (TPSA) is 76.9 Å². The molecule has 30 heavy (non-hydrogen) atoms. The van der Waals surface area contributed by atoms with Gasteiger partial charge in [0.1, 0.15) is 0 Å². The summed E-state index contributed by atoms with van der Waals surface area (Å²) >= 11 is 4.72. The highest BCUT2D eigenvalue weighted by atomic mass is 79.9. The van der Waals surface area contributed by atoms with Gasteiger partial charge in [0.05, 0.1) is 11.8 Å². The Morgan fingerprint density at radius 2 is 1.70 bits per heavy atom. The van der Waals surface area contributed by atoms with E-state index in [1.54, 1.807) is 24.3 Å². The van der Waals surface area contributed by atoms with Crippen molar-refractivity contribution in [1.82, 2.24) is 20.1 Å². The summed E-state index contributed by atoms with van der Waals surface area (Å²) in [7, 11) is 0. The lowest BCUT2D eigenvalue weighted by Gasteiger charge is -2.15. The van der Waals surface area contributed by atoms with Crippen LogP contribution >= 0.6 is 27.7 Å². The number of ketones is 1. The minimum Gasteiger partial charge on any atom is -0.342 e. The summed E-state index contributed by atoms with van der Waals surface area (Å²) in [6.07, 6.45) is 0. The van der Waals surface area contributed by atoms with Gasteiger partial charge >= 0.3 is 0 Å². The van der Waals surface area contributed by atoms with Crippen molar-refractivity contribution in [3.05, 3.63) is 75.5 Å². The van der Waals surface area contributed by atoms with Crippen LogP contribution in [0.3, 0.4) is 0 Å². The predicted molar refractivity (Wildman–Crippen MR) is 122 cm³/mol. The van der Waals surface area contributed by atoms with Crippen LogP contribution < -0.4 is 5.32 Å². The Labute approximate surface area is 188 Å². The summed E-state index contributed by atoms with van der Waals surface area (Å²) in [5.41, 5.74) is 2.36. The molecule has 1 aromatic heterocycles. The first-order valence-electron chi connectivity index (χ1n) is 9.61. The zero-order valence-corrected chi connectivity index (χ0v) is 19.5. The molecule has 0 aliphatic heterocycles. The third kappa shape index (κ3) is 5.37. The zero-order valence-electron chi connectivity index (χ0n) is 17.1. The Bertz CT molecular complexity index is 1030. The number of carbonyl (C=O) groups is 2. The molecule has 3 aromatic rings. The molecule has 0 saturated carbocycles. The van der Waals surface area contributed by atoms with Crippen molar-refractivity contribution in [2.24, 2.45) is 0 Å². The molecular weight excluding hydrogens is 464 g/mol. The minimum absolute atomic E-state index is 0.0282. The van der Waals surface area contributed by atoms with Crippen LogP contribution in [0.25, 0.3) is 0 Å². The molecule has 0 unspecified atom stereocenters. The van der Waals surface area contributed by atoms with E-state index in [0.717, 1.165) is 10.0 Å². The molecule has 2 aromatic carbocycles. The maximum atomic E-state index is 12.5. The molecule has 0 aliphatic carbocycles. The molecule has 6 nitrogen and oxygen atoms in total. The molecule has 0 spiro atoms. The van der Waals surface area contributed by atoms with E-state index in [1.165, 1.54) is 11.8 Å². The van der Waals surface area contributed by atoms with Crippen LogP contribution in [0.5, 0.6) is 0 Å². The Balaban J connectivity index is 1.66. The first kappa shape index (κ1) is 22.2. The molecule has 156 valence electrons. The largest absolute Gasteiger partial charge is 0.342 e. The highest BCUT2D eigenvalue weighted by molar-refractivity contribution is 9.10. The monoisotopic (exact) mass is 486 g/mol. The highest BCUT2D eigenvalue weighted by Crippen LogP contribution is 2.22. The number of hydrogen-bond donors (Lipinski definition) is 1. The van der Waals surface area contributed by atoms with Crippen LogP contribution in [0.15, 0.2) is 58.2 Å². The number of amides is 1. The van der Waals surface area contributed by atoms with E-state index in [1.807, 2.05) is 49.6 Å². The molecular formula is C22H23BrN4O2S. The number of thioether (sulfide) groups is 1. The van der Waals surface area contributed by atoms with Gasteiger partial charge in [-0.15, -0.1) is 10.2 Å². The molecule has 3 rings (SSSR count). The Morgan fingerprint density at radius 3 is 2.33 bits per heavy atom. The average molecular weight is 487 g/mol. The number of benzene rings is 2. The second-order valence-corrected chi connectivity index (χ2v) is 8.72. The van der Waals surface area contributed by atoms with Gasteiger partial charge in [-0.25, -0.2) is 0 Å². The van der Waals surface area contributed by atoms with Gasteiger partial charge in [-0.3, -0.25) is 9.59 Å². The number of nitrogens with zero attached hydrogens (tertiary/aromatic N) is 3. The minimum atomic E-state index is -0.317. The number of carbonyl (C=O) groups excluding carboxylic acids is 2. The lowest BCUT2D eigenvalue weighted by Crippen LogP contribution is -2.28. The van der Waals surface area contributed by atoms with Crippen molar-refractivity contribution in [1.29, 1.82) is 0 Å². The van der Waals surface area contributed by atoms with Crippen molar-refractivity contribution in [3.63, 3.8) is 0 Å². The first-order chi connectivity index (χ1) is 14.4. The maximum Gasteiger partial charge on any atom is 0.251 e. The second kappa shape index (κ2) is 10.0. The van der Waals surface area contributed by atoms with E-state index in [9.17, 15) is 9.59 Å². The van der Waals surface area contributed by atoms with Crippen molar-refractivity contribution < 1.29 is 9.59 Å². The Hall–Kier alpha value is -2.45. The molecule has 1 N–H and O–H groups in total. The van der Waals surface area contributed by atoms with Crippen molar-refractivity contribution in [2.75, 3.05) is 5.75 Å². The van der Waals surface area contributed by atoms with Crippen molar-refractivity contribution >= 4 is 39.4 Å². The molecule has 0 saturated heterocycles. The smallest absolute Gasteiger partial charge is 0.251 e. The summed E-state index contributed by atoms with van der Waals surface area (Å²) < 4.78 is 2.86. The van der Waals surface area contributed by atoms with Gasteiger partial charge in [-0.2, -0.15) is 0 Å². The molecule has 1 heterocycles. The molecule has 1 amide bonds. The fraction of sp³-hybridized carbons (Fsp3) is 0.273. The van der Waals surface area contributed by atoms with Crippen molar-refractivity contribution in [2.45, 2.75) is 38.5 Å². The number of nitrogens with one attached hydrogen (secondary N) is 1. The Morgan fingerprint density at radius 1 is 1.07 bits per heavy atom. The number of aromatic nitrogens is 3. The maximum absolute atomic E-state index is 12.5. The lowest BCUT2D eigenvalue weighted by molar-refractivity contribution is 0.0936. The highest BCUT2D eigenvalue weighted by Gasteiger charge is 2.20. The van der Waals surface area contributed by atoms with Gasteiger partial charge in [0, 0.05) is 22.1 Å². The van der Waals surface area contributed by atoms with Gasteiger partial charge < -0.3 is 9.88 Å². The van der Waals surface area contributed by atoms with E-state index < -0.39 is 0 Å². The van der Waals surface area contributed by atoms with Gasteiger partial charge in [0.15, 0.2) is 16.8 Å². The molecule has 0 radical (unpaired) electrons. The molecule has 0 aliphatic rings. The molecule has 1 atom stereocenters. The summed E-state index contributed by atoms with van der Waals surface area (Å²) in [5, 5.41) is 12.1. The van der Waals surface area contributed by atoms with E-state index >= 15 is 0 Å². The van der Waals surface area contributed by atoms with E-state index in [0.29, 0.717) is 28.7 Å².